The molecule has 1 N–H and O–H groups in total. The molecule has 0 radical (unpaired) electrons. The molecular formula is C19H16ClN5O2S. The van der Waals surface area contributed by atoms with Crippen molar-refractivity contribution in [2.45, 2.75) is 18.7 Å². The number of fused-ring (bicyclic) bond motifs is 1. The number of halogens is 1. The van der Waals surface area contributed by atoms with Crippen LogP contribution < -0.4 is 4.72 Å². The van der Waals surface area contributed by atoms with Crippen LogP contribution in [0.3, 0.4) is 0 Å². The third-order valence-electron chi connectivity index (χ3n) is 4.32. The van der Waals surface area contributed by atoms with E-state index >= 15 is 0 Å². The maximum atomic E-state index is 12.9. The van der Waals surface area contributed by atoms with Crippen LogP contribution in [0.15, 0.2) is 59.8 Å². The van der Waals surface area contributed by atoms with Crippen LogP contribution in [0.4, 0.5) is 5.69 Å². The first-order chi connectivity index (χ1) is 13.3. The minimum absolute atomic E-state index is 0.198. The second-order valence-corrected chi connectivity index (χ2v) is 8.46. The summed E-state index contributed by atoms with van der Waals surface area (Å²) in [5.74, 6) is 0. The highest BCUT2D eigenvalue weighted by Gasteiger charge is 2.18. The normalized spacial score (nSPS) is 11.7. The van der Waals surface area contributed by atoms with Crippen LogP contribution in [-0.2, 0) is 10.0 Å². The van der Waals surface area contributed by atoms with Gasteiger partial charge in [-0.2, -0.15) is 9.61 Å². The Morgan fingerprint density at radius 1 is 1.04 bits per heavy atom. The molecule has 0 fully saturated rings. The van der Waals surface area contributed by atoms with Gasteiger partial charge in [-0.05, 0) is 61.4 Å². The molecule has 0 unspecified atom stereocenters. The molecule has 4 aromatic rings. The molecule has 9 heteroatoms. The first kappa shape index (κ1) is 18.4. The van der Waals surface area contributed by atoms with E-state index in [0.29, 0.717) is 33.2 Å². The van der Waals surface area contributed by atoms with Gasteiger partial charge in [-0.25, -0.2) is 8.42 Å². The lowest BCUT2D eigenvalue weighted by Gasteiger charge is -2.13. The van der Waals surface area contributed by atoms with Crippen molar-refractivity contribution in [1.29, 1.82) is 0 Å². The number of anilines is 1. The van der Waals surface area contributed by atoms with Gasteiger partial charge < -0.3 is 0 Å². The lowest BCUT2D eigenvalue weighted by molar-refractivity contribution is 0.600. The Labute approximate surface area is 167 Å². The average Bonchev–Trinajstić information content (AvgIpc) is 3.12. The predicted molar refractivity (Wildman–Crippen MR) is 108 cm³/mol. The third kappa shape index (κ3) is 3.44. The molecule has 0 bridgehead atoms. The van der Waals surface area contributed by atoms with E-state index in [1.54, 1.807) is 54.8 Å². The van der Waals surface area contributed by atoms with Crippen molar-refractivity contribution in [3.63, 3.8) is 0 Å². The largest absolute Gasteiger partial charge is 0.280 e. The summed E-state index contributed by atoms with van der Waals surface area (Å²) in [6.07, 6.45) is 1.51. The highest BCUT2D eigenvalue weighted by molar-refractivity contribution is 7.92. The van der Waals surface area contributed by atoms with Gasteiger partial charge >= 0.3 is 0 Å². The van der Waals surface area contributed by atoms with Crippen LogP contribution in [0.1, 0.15) is 11.1 Å². The van der Waals surface area contributed by atoms with E-state index in [4.69, 9.17) is 11.6 Å². The van der Waals surface area contributed by atoms with Crippen LogP contribution in [-0.4, -0.2) is 28.2 Å². The summed E-state index contributed by atoms with van der Waals surface area (Å²) in [5.41, 5.74) is 3.79. The highest BCUT2D eigenvalue weighted by atomic mass is 35.5. The smallest absolute Gasteiger partial charge is 0.262 e. The van der Waals surface area contributed by atoms with Crippen LogP contribution in [0.25, 0.3) is 16.9 Å². The summed E-state index contributed by atoms with van der Waals surface area (Å²) in [6, 6.07) is 13.9. The lowest BCUT2D eigenvalue weighted by atomic mass is 10.1. The Kier molecular flexibility index (Phi) is 4.52. The van der Waals surface area contributed by atoms with Crippen molar-refractivity contribution in [3.05, 3.63) is 71.0 Å². The Morgan fingerprint density at radius 3 is 2.68 bits per heavy atom. The van der Waals surface area contributed by atoms with Crippen molar-refractivity contribution in [3.8, 4) is 11.3 Å². The zero-order chi connectivity index (χ0) is 19.9. The van der Waals surface area contributed by atoms with Crippen molar-refractivity contribution in [1.82, 2.24) is 19.8 Å². The summed E-state index contributed by atoms with van der Waals surface area (Å²) >= 11 is 6.08. The molecule has 0 amide bonds. The zero-order valence-corrected chi connectivity index (χ0v) is 16.7. The topological polar surface area (TPSA) is 89.2 Å². The summed E-state index contributed by atoms with van der Waals surface area (Å²) in [7, 11) is -3.76. The number of sulfonamides is 1. The van der Waals surface area contributed by atoms with E-state index in [1.807, 2.05) is 12.1 Å². The number of nitrogens with one attached hydrogen (secondary N) is 1. The minimum Gasteiger partial charge on any atom is -0.280 e. The van der Waals surface area contributed by atoms with Gasteiger partial charge in [0.05, 0.1) is 10.6 Å². The van der Waals surface area contributed by atoms with Crippen molar-refractivity contribution in [2.75, 3.05) is 4.72 Å². The molecule has 4 rings (SSSR count). The Morgan fingerprint density at radius 2 is 1.86 bits per heavy atom. The fraction of sp³-hybridized carbons (Fsp3) is 0.105. The Bertz CT molecular complexity index is 1300. The van der Waals surface area contributed by atoms with Gasteiger partial charge in [-0.15, -0.1) is 10.2 Å². The molecule has 0 atom stereocenters. The molecule has 142 valence electrons. The second-order valence-electron chi connectivity index (χ2n) is 6.41. The Balaban J connectivity index is 1.69. The van der Waals surface area contributed by atoms with Crippen LogP contribution >= 0.6 is 11.6 Å². The van der Waals surface area contributed by atoms with Gasteiger partial charge in [0, 0.05) is 16.3 Å². The van der Waals surface area contributed by atoms with E-state index in [-0.39, 0.29) is 4.90 Å². The highest BCUT2D eigenvalue weighted by Crippen LogP contribution is 2.27. The van der Waals surface area contributed by atoms with Crippen molar-refractivity contribution >= 4 is 33.0 Å². The quantitative estimate of drug-likeness (QED) is 0.548. The van der Waals surface area contributed by atoms with Gasteiger partial charge in [0.1, 0.15) is 6.33 Å². The molecule has 0 saturated carbocycles. The molecule has 0 aliphatic carbocycles. The van der Waals surface area contributed by atoms with Crippen molar-refractivity contribution < 1.29 is 8.42 Å². The second kappa shape index (κ2) is 6.88. The molecule has 2 aromatic carbocycles. The van der Waals surface area contributed by atoms with Gasteiger partial charge in [-0.1, -0.05) is 23.7 Å². The van der Waals surface area contributed by atoms with Crippen LogP contribution in [0, 0.1) is 13.8 Å². The number of benzene rings is 2. The van der Waals surface area contributed by atoms with Crippen LogP contribution in [0.2, 0.25) is 5.02 Å². The van der Waals surface area contributed by atoms with E-state index in [0.717, 1.165) is 5.56 Å². The molecule has 2 aromatic heterocycles. The fourth-order valence-corrected chi connectivity index (χ4v) is 4.46. The van der Waals surface area contributed by atoms with Gasteiger partial charge in [-0.3, -0.25) is 4.72 Å². The van der Waals surface area contributed by atoms with Gasteiger partial charge in [0.2, 0.25) is 0 Å². The Hall–Kier alpha value is -2.97. The molecule has 0 aliphatic heterocycles. The number of hydrogen-bond donors (Lipinski definition) is 1. The number of hydrogen-bond acceptors (Lipinski definition) is 5. The van der Waals surface area contributed by atoms with E-state index in [9.17, 15) is 8.42 Å². The van der Waals surface area contributed by atoms with Gasteiger partial charge in [0.25, 0.3) is 10.0 Å². The predicted octanol–water partition coefficient (Wildman–Crippen LogP) is 3.86. The molecule has 0 saturated heterocycles. The average molecular weight is 414 g/mol. The molecule has 28 heavy (non-hydrogen) atoms. The number of aryl methyl sites for hydroxylation is 2. The summed E-state index contributed by atoms with van der Waals surface area (Å²) < 4.78 is 30.0. The first-order valence-electron chi connectivity index (χ1n) is 8.40. The molecule has 7 nitrogen and oxygen atoms in total. The summed E-state index contributed by atoms with van der Waals surface area (Å²) in [5, 5.41) is 12.7. The summed E-state index contributed by atoms with van der Waals surface area (Å²) in [6.45, 7) is 3.49. The van der Waals surface area contributed by atoms with E-state index < -0.39 is 10.0 Å². The maximum Gasteiger partial charge on any atom is 0.262 e. The molecular weight excluding hydrogens is 398 g/mol. The third-order valence-corrected chi connectivity index (χ3v) is 6.25. The van der Waals surface area contributed by atoms with Crippen LogP contribution in [0.5, 0.6) is 0 Å². The number of rotatable bonds is 4. The van der Waals surface area contributed by atoms with Gasteiger partial charge in [0.15, 0.2) is 5.65 Å². The van der Waals surface area contributed by atoms with E-state index in [1.165, 1.54) is 6.33 Å². The molecule has 0 spiro atoms. The molecule has 2 heterocycles. The fourth-order valence-electron chi connectivity index (χ4n) is 2.88. The maximum absolute atomic E-state index is 12.9. The number of aromatic nitrogens is 4. The SMILES string of the molecule is Cc1cc(S(=O)(=O)Nc2cccc(-c3ccc4nncn4n3)c2)c(C)cc1Cl. The summed E-state index contributed by atoms with van der Waals surface area (Å²) in [4.78, 5) is 0.198. The standard InChI is InChI=1S/C19H16ClN5O2S/c1-12-9-18(13(2)8-16(12)20)28(26,27)24-15-5-3-4-14(10-15)17-6-7-19-22-21-11-25(19)23-17/h3-11,24H,1-2H3. The van der Waals surface area contributed by atoms with Crippen molar-refractivity contribution in [2.24, 2.45) is 0 Å². The zero-order valence-electron chi connectivity index (χ0n) is 15.1. The number of nitrogens with zero attached hydrogens (tertiary/aromatic N) is 4. The van der Waals surface area contributed by atoms with E-state index in [2.05, 4.69) is 20.0 Å². The lowest BCUT2D eigenvalue weighted by Crippen LogP contribution is -2.14. The first-order valence-corrected chi connectivity index (χ1v) is 10.3. The minimum atomic E-state index is -3.76. The monoisotopic (exact) mass is 413 g/mol. The molecule has 0 aliphatic rings.